The van der Waals surface area contributed by atoms with Gasteiger partial charge in [-0.25, -0.2) is 9.63 Å². The van der Waals surface area contributed by atoms with Gasteiger partial charge in [0.15, 0.2) is 5.16 Å². The van der Waals surface area contributed by atoms with Crippen LogP contribution >= 0.6 is 46.4 Å². The number of carbonyl (C=O) groups is 1. The summed E-state index contributed by atoms with van der Waals surface area (Å²) in [5.41, 5.74) is -0.115. The second kappa shape index (κ2) is 9.01. The zero-order valence-electron chi connectivity index (χ0n) is 14.9. The molecule has 0 aliphatic heterocycles. The van der Waals surface area contributed by atoms with Crippen LogP contribution in [0.3, 0.4) is 0 Å². The van der Waals surface area contributed by atoms with Crippen molar-refractivity contribution in [3.8, 4) is 11.3 Å². The van der Waals surface area contributed by atoms with Crippen LogP contribution in [0.25, 0.3) is 11.3 Å². The quantitative estimate of drug-likeness (QED) is 0.145. The largest absolute Gasteiger partial charge is 0.420 e. The minimum absolute atomic E-state index is 0.00160. The summed E-state index contributed by atoms with van der Waals surface area (Å²) in [6.07, 6.45) is 0. The van der Waals surface area contributed by atoms with Gasteiger partial charge in [0.2, 0.25) is 0 Å². The number of oxime groups is 1. The molecular weight excluding hydrogens is 480 g/mol. The average molecular weight is 489 g/mol. The van der Waals surface area contributed by atoms with Crippen LogP contribution in [0.15, 0.2) is 46.1 Å². The number of nitro groups is 1. The highest BCUT2D eigenvalue weighted by atomic mass is 35.5. The lowest BCUT2D eigenvalue weighted by atomic mass is 10.1. The summed E-state index contributed by atoms with van der Waals surface area (Å²) in [5.74, 6) is -1.87. The number of aryl methyl sites for hydroxylation is 1. The molecule has 0 aliphatic carbocycles. The van der Waals surface area contributed by atoms with Crippen molar-refractivity contribution in [2.75, 3.05) is 0 Å². The zero-order valence-corrected chi connectivity index (χ0v) is 17.9. The molecule has 0 aliphatic rings. The van der Waals surface area contributed by atoms with Gasteiger partial charge >= 0.3 is 11.8 Å². The average Bonchev–Trinajstić information content (AvgIpc) is 3.04. The van der Waals surface area contributed by atoms with E-state index in [-0.39, 0.29) is 48.2 Å². The van der Waals surface area contributed by atoms with Crippen molar-refractivity contribution < 1.29 is 19.1 Å². The van der Waals surface area contributed by atoms with Gasteiger partial charge in [-0.1, -0.05) is 63.7 Å². The summed E-state index contributed by atoms with van der Waals surface area (Å²) in [5, 5.41) is 18.9. The first-order chi connectivity index (χ1) is 14.2. The van der Waals surface area contributed by atoms with E-state index < -0.39 is 16.7 Å². The molecule has 0 N–H and O–H groups in total. The Bertz CT molecular complexity index is 1150. The van der Waals surface area contributed by atoms with Crippen LogP contribution in [0, 0.1) is 17.0 Å². The van der Waals surface area contributed by atoms with Crippen LogP contribution in [0.2, 0.25) is 20.1 Å². The number of halogens is 4. The molecule has 0 spiro atoms. The lowest BCUT2D eigenvalue weighted by Crippen LogP contribution is -2.16. The summed E-state index contributed by atoms with van der Waals surface area (Å²) in [6.45, 7) is 1.45. The maximum atomic E-state index is 12.7. The number of amidine groups is 1. The minimum atomic E-state index is -1.08. The third-order valence-corrected chi connectivity index (χ3v) is 5.10. The maximum Gasteiger partial charge on any atom is 0.420 e. The van der Waals surface area contributed by atoms with Gasteiger partial charge in [0.25, 0.3) is 0 Å². The van der Waals surface area contributed by atoms with E-state index in [1.54, 1.807) is 18.2 Å². The number of hydrogen-bond donors (Lipinski definition) is 0. The van der Waals surface area contributed by atoms with Crippen molar-refractivity contribution in [1.29, 1.82) is 0 Å². The summed E-state index contributed by atoms with van der Waals surface area (Å²) in [7, 11) is 0. The first-order valence-corrected chi connectivity index (χ1v) is 9.52. The summed E-state index contributed by atoms with van der Waals surface area (Å²) < 4.78 is 5.07. The predicted octanol–water partition coefficient (Wildman–Crippen LogP) is 6.06. The van der Waals surface area contributed by atoms with Gasteiger partial charge in [0, 0.05) is 5.56 Å². The number of nitrogens with zero attached hydrogens (tertiary/aromatic N) is 3. The Kier molecular flexibility index (Phi) is 6.62. The Labute approximate surface area is 189 Å². The molecule has 12 heteroatoms. The first-order valence-electron chi connectivity index (χ1n) is 8.01. The van der Waals surface area contributed by atoms with Gasteiger partial charge < -0.3 is 14.6 Å². The van der Waals surface area contributed by atoms with Gasteiger partial charge in [-0.15, -0.1) is 0 Å². The number of rotatable bonds is 4. The molecular formula is C18H9Cl4N3O5. The molecule has 3 aromatic rings. The van der Waals surface area contributed by atoms with Crippen LogP contribution in [0.1, 0.15) is 21.7 Å². The van der Waals surface area contributed by atoms with E-state index in [1.807, 2.05) is 0 Å². The van der Waals surface area contributed by atoms with Gasteiger partial charge in [-0.3, -0.25) is 0 Å². The fourth-order valence-corrected chi connectivity index (χ4v) is 3.66. The number of hydrogen-bond acceptors (Lipinski definition) is 7. The number of benzene rings is 2. The second-order valence-electron chi connectivity index (χ2n) is 5.71. The molecule has 0 saturated carbocycles. The topological polar surface area (TPSA) is 108 Å². The predicted molar refractivity (Wildman–Crippen MR) is 112 cm³/mol. The van der Waals surface area contributed by atoms with E-state index in [9.17, 15) is 14.9 Å². The first kappa shape index (κ1) is 22.0. The van der Waals surface area contributed by atoms with Gasteiger partial charge in [0.1, 0.15) is 22.6 Å². The van der Waals surface area contributed by atoms with E-state index in [2.05, 4.69) is 10.3 Å². The molecule has 3 rings (SSSR count). The normalized spacial score (nSPS) is 11.4. The monoisotopic (exact) mass is 487 g/mol. The van der Waals surface area contributed by atoms with E-state index in [0.29, 0.717) is 0 Å². The number of carbonyl (C=O) groups excluding carboxylic acids is 1. The molecule has 30 heavy (non-hydrogen) atoms. The van der Waals surface area contributed by atoms with Crippen LogP contribution in [-0.2, 0) is 4.84 Å². The highest BCUT2D eigenvalue weighted by molar-refractivity contribution is 6.40. The molecule has 2 aromatic carbocycles. The Hall–Kier alpha value is -2.65. The number of aromatic nitrogens is 1. The summed E-state index contributed by atoms with van der Waals surface area (Å²) >= 11 is 24.3. The van der Waals surface area contributed by atoms with Crippen molar-refractivity contribution in [3.63, 3.8) is 0 Å². The lowest BCUT2D eigenvalue weighted by molar-refractivity contribution is -0.350. The fraction of sp³-hybridized carbons (Fsp3) is 0.0556. The lowest BCUT2D eigenvalue weighted by Gasteiger charge is -2.05. The molecule has 0 bridgehead atoms. The molecule has 154 valence electrons. The second-order valence-corrected chi connectivity index (χ2v) is 7.34. The molecule has 0 saturated heterocycles. The molecule has 0 amide bonds. The highest BCUT2D eigenvalue weighted by Gasteiger charge is 2.30. The third-order valence-electron chi connectivity index (χ3n) is 3.84. The van der Waals surface area contributed by atoms with Crippen molar-refractivity contribution in [3.05, 3.63) is 83.5 Å². The van der Waals surface area contributed by atoms with Crippen molar-refractivity contribution in [2.24, 2.45) is 5.16 Å². The van der Waals surface area contributed by atoms with E-state index in [1.165, 1.54) is 25.1 Å². The zero-order chi connectivity index (χ0) is 22.0. The van der Waals surface area contributed by atoms with Crippen LogP contribution in [0.4, 0.5) is 0 Å². The smallest absolute Gasteiger partial charge is 0.360 e. The maximum absolute atomic E-state index is 12.7. The summed E-state index contributed by atoms with van der Waals surface area (Å²) in [6, 6.07) is 8.96. The van der Waals surface area contributed by atoms with E-state index in [0.717, 1.165) is 0 Å². The minimum Gasteiger partial charge on any atom is -0.360 e. The van der Waals surface area contributed by atoms with Crippen molar-refractivity contribution >= 4 is 58.2 Å². The van der Waals surface area contributed by atoms with Crippen molar-refractivity contribution in [2.45, 2.75) is 6.92 Å². The van der Waals surface area contributed by atoms with Crippen LogP contribution in [-0.4, -0.2) is 21.9 Å². The fourth-order valence-electron chi connectivity index (χ4n) is 2.52. The molecule has 0 fully saturated rings. The van der Waals surface area contributed by atoms with Crippen LogP contribution in [0.5, 0.6) is 0 Å². The molecule has 0 atom stereocenters. The molecule has 0 radical (unpaired) electrons. The van der Waals surface area contributed by atoms with E-state index in [4.69, 9.17) is 55.8 Å². The van der Waals surface area contributed by atoms with Gasteiger partial charge in [-0.05, 0) is 36.1 Å². The molecule has 8 nitrogen and oxygen atoms in total. The Morgan fingerprint density at radius 2 is 1.57 bits per heavy atom. The Morgan fingerprint density at radius 1 is 1.03 bits per heavy atom. The highest BCUT2D eigenvalue weighted by Crippen LogP contribution is 2.37. The third kappa shape index (κ3) is 4.27. The SMILES string of the molecule is Cc1onc(-c2c(Cl)cccc2Cl)c1C(=O)ON=C(c1c(Cl)cccc1Cl)[N+](=O)[O-]. The van der Waals surface area contributed by atoms with Gasteiger partial charge in [0.05, 0.1) is 20.1 Å². The van der Waals surface area contributed by atoms with E-state index >= 15 is 0 Å². The standard InChI is InChI=1S/C18H9Cl4N3O5/c1-8-13(16(23-29-8)14-9(19)4-2-5-10(14)20)18(26)30-24-17(25(27)28)15-11(21)6-3-7-12(15)22/h2-7H,1H3. The van der Waals surface area contributed by atoms with Gasteiger partial charge in [-0.2, -0.15) is 0 Å². The Morgan fingerprint density at radius 3 is 2.10 bits per heavy atom. The summed E-state index contributed by atoms with van der Waals surface area (Å²) in [4.78, 5) is 28.0. The molecule has 1 heterocycles. The molecule has 0 unspecified atom stereocenters. The van der Waals surface area contributed by atoms with Crippen LogP contribution < -0.4 is 0 Å². The Balaban J connectivity index is 2.03. The molecule has 1 aromatic heterocycles. The van der Waals surface area contributed by atoms with Crippen molar-refractivity contribution in [1.82, 2.24) is 5.16 Å².